The van der Waals surface area contributed by atoms with Gasteiger partial charge in [0.25, 0.3) is 0 Å². The lowest BCUT2D eigenvalue weighted by atomic mass is 9.78. The van der Waals surface area contributed by atoms with Gasteiger partial charge in [0.2, 0.25) is 7.37 Å². The fourth-order valence-corrected chi connectivity index (χ4v) is 5.41. The first-order valence-electron chi connectivity index (χ1n) is 8.36. The van der Waals surface area contributed by atoms with Gasteiger partial charge in [-0.15, -0.1) is 0 Å². The van der Waals surface area contributed by atoms with Crippen molar-refractivity contribution >= 4 is 7.37 Å². The summed E-state index contributed by atoms with van der Waals surface area (Å²) in [6, 6.07) is 4.40. The zero-order valence-corrected chi connectivity index (χ0v) is 16.1. The van der Waals surface area contributed by atoms with Gasteiger partial charge in [0.05, 0.1) is 0 Å². The first-order chi connectivity index (χ1) is 9.92. The van der Waals surface area contributed by atoms with Gasteiger partial charge >= 0.3 is 0 Å². The summed E-state index contributed by atoms with van der Waals surface area (Å²) < 4.78 is 19.3. The quantitative estimate of drug-likeness (QED) is 0.620. The van der Waals surface area contributed by atoms with Gasteiger partial charge in [0.1, 0.15) is 5.75 Å². The average molecular weight is 322 g/mol. The van der Waals surface area contributed by atoms with Crippen molar-refractivity contribution in [1.29, 1.82) is 0 Å². The van der Waals surface area contributed by atoms with E-state index in [4.69, 9.17) is 4.52 Å². The van der Waals surface area contributed by atoms with Crippen LogP contribution in [0.3, 0.4) is 0 Å². The van der Waals surface area contributed by atoms with Crippen molar-refractivity contribution in [3.63, 3.8) is 0 Å². The number of hydrogen-bond acceptors (Lipinski definition) is 2. The van der Waals surface area contributed by atoms with Crippen molar-refractivity contribution in [1.82, 2.24) is 0 Å². The van der Waals surface area contributed by atoms with E-state index < -0.39 is 7.37 Å². The van der Waals surface area contributed by atoms with E-state index >= 15 is 0 Å². The molecule has 1 aliphatic rings. The van der Waals surface area contributed by atoms with Gasteiger partial charge in [0, 0.05) is 23.5 Å². The minimum absolute atomic E-state index is 0.0275. The Labute approximate surface area is 136 Å². The van der Waals surface area contributed by atoms with Crippen molar-refractivity contribution in [2.45, 2.75) is 72.1 Å². The summed E-state index contributed by atoms with van der Waals surface area (Å²) in [5.41, 5.74) is 3.55. The van der Waals surface area contributed by atoms with Crippen LogP contribution in [0.5, 0.6) is 5.75 Å². The largest absolute Gasteiger partial charge is 0.442 e. The molecule has 2 nitrogen and oxygen atoms in total. The van der Waals surface area contributed by atoms with E-state index in [-0.39, 0.29) is 10.8 Å². The molecule has 0 atom stereocenters. The summed E-state index contributed by atoms with van der Waals surface area (Å²) in [4.78, 5) is 0. The molecule has 2 rings (SSSR count). The molecule has 124 valence electrons. The Morgan fingerprint density at radius 3 is 1.68 bits per heavy atom. The molecular formula is C19H31O2P. The first kappa shape index (κ1) is 17.6. The van der Waals surface area contributed by atoms with Crippen LogP contribution >= 0.6 is 7.37 Å². The van der Waals surface area contributed by atoms with E-state index in [1.165, 1.54) is 16.7 Å². The van der Waals surface area contributed by atoms with Gasteiger partial charge < -0.3 is 4.52 Å². The molecule has 0 aliphatic carbocycles. The summed E-state index contributed by atoms with van der Waals surface area (Å²) in [5, 5.41) is 0. The summed E-state index contributed by atoms with van der Waals surface area (Å²) >= 11 is 0. The third-order valence-electron chi connectivity index (χ3n) is 4.35. The van der Waals surface area contributed by atoms with Gasteiger partial charge in [-0.3, -0.25) is 4.57 Å². The number of rotatable bonds is 2. The van der Waals surface area contributed by atoms with Crippen molar-refractivity contribution in [3.05, 3.63) is 28.8 Å². The first-order valence-corrected chi connectivity index (χ1v) is 10.4. The molecule has 1 fully saturated rings. The van der Waals surface area contributed by atoms with Crippen LogP contribution in [-0.2, 0) is 15.4 Å². The average Bonchev–Trinajstić information content (AvgIpc) is 2.75. The highest BCUT2D eigenvalue weighted by Crippen LogP contribution is 2.56. The highest BCUT2D eigenvalue weighted by Gasteiger charge is 2.34. The molecule has 0 amide bonds. The minimum Gasteiger partial charge on any atom is -0.442 e. The second kappa shape index (κ2) is 5.71. The van der Waals surface area contributed by atoms with Crippen molar-refractivity contribution < 1.29 is 9.09 Å². The van der Waals surface area contributed by atoms with Gasteiger partial charge in [-0.25, -0.2) is 0 Å². The maximum absolute atomic E-state index is 13.0. The van der Waals surface area contributed by atoms with Crippen LogP contribution in [0.4, 0.5) is 0 Å². The maximum atomic E-state index is 13.0. The highest BCUT2D eigenvalue weighted by molar-refractivity contribution is 7.59. The second-order valence-electron chi connectivity index (χ2n) is 8.75. The second-order valence-corrected chi connectivity index (χ2v) is 11.5. The fraction of sp³-hybridized carbons (Fsp3) is 0.684. The molecule has 0 spiro atoms. The summed E-state index contributed by atoms with van der Waals surface area (Å²) in [5.74, 6) is 0.885. The molecular weight excluding hydrogens is 291 g/mol. The molecule has 1 saturated heterocycles. The van der Waals surface area contributed by atoms with Crippen LogP contribution < -0.4 is 4.52 Å². The topological polar surface area (TPSA) is 26.3 Å². The molecule has 1 aromatic carbocycles. The Morgan fingerprint density at radius 1 is 0.909 bits per heavy atom. The summed E-state index contributed by atoms with van der Waals surface area (Å²) in [7, 11) is -2.50. The number of hydrogen-bond donors (Lipinski definition) is 0. The minimum atomic E-state index is -2.50. The number of benzene rings is 1. The van der Waals surface area contributed by atoms with Gasteiger partial charge in [0.15, 0.2) is 0 Å². The zero-order chi connectivity index (χ0) is 16.8. The lowest BCUT2D eigenvalue weighted by Crippen LogP contribution is -2.20. The molecule has 1 heterocycles. The predicted molar refractivity (Wildman–Crippen MR) is 95.8 cm³/mol. The van der Waals surface area contributed by atoms with E-state index in [9.17, 15) is 4.57 Å². The van der Waals surface area contributed by atoms with Crippen LogP contribution in [0, 0.1) is 6.92 Å². The third kappa shape index (κ3) is 3.77. The lowest BCUT2D eigenvalue weighted by molar-refractivity contribution is 0.455. The molecule has 0 saturated carbocycles. The van der Waals surface area contributed by atoms with Crippen LogP contribution in [-0.4, -0.2) is 12.3 Å². The van der Waals surface area contributed by atoms with Gasteiger partial charge in [-0.05, 0) is 30.6 Å². The van der Waals surface area contributed by atoms with Gasteiger partial charge in [-0.2, -0.15) is 0 Å². The molecule has 0 aromatic heterocycles. The lowest BCUT2D eigenvalue weighted by Gasteiger charge is -2.31. The molecule has 0 unspecified atom stereocenters. The standard InChI is InChI=1S/C19H31O2P/c1-14-12-15(18(2,3)4)17(16(13-14)19(5,6)7)21-22(20)10-8-9-11-22/h12-13H,8-11H2,1-7H3. The van der Waals surface area contributed by atoms with Crippen molar-refractivity contribution in [3.8, 4) is 5.75 Å². The Hall–Kier alpha value is -0.750. The number of aryl methyl sites for hydroxylation is 1. The fourth-order valence-electron chi connectivity index (χ4n) is 3.06. The normalized spacial score (nSPS) is 18.5. The van der Waals surface area contributed by atoms with E-state index in [1.54, 1.807) is 0 Å². The van der Waals surface area contributed by atoms with Crippen molar-refractivity contribution in [2.75, 3.05) is 12.3 Å². The third-order valence-corrected chi connectivity index (χ3v) is 6.87. The van der Waals surface area contributed by atoms with E-state index in [2.05, 4.69) is 60.6 Å². The maximum Gasteiger partial charge on any atom is 0.247 e. The summed E-state index contributed by atoms with van der Waals surface area (Å²) in [6.07, 6.45) is 3.51. The van der Waals surface area contributed by atoms with E-state index in [1.807, 2.05) is 0 Å². The smallest absolute Gasteiger partial charge is 0.247 e. The van der Waals surface area contributed by atoms with Crippen LogP contribution in [0.2, 0.25) is 0 Å². The molecule has 3 heteroatoms. The zero-order valence-electron chi connectivity index (χ0n) is 15.2. The van der Waals surface area contributed by atoms with Crippen LogP contribution in [0.25, 0.3) is 0 Å². The van der Waals surface area contributed by atoms with Crippen LogP contribution in [0.1, 0.15) is 71.1 Å². The Balaban J connectivity index is 2.64. The van der Waals surface area contributed by atoms with Gasteiger partial charge in [-0.1, -0.05) is 59.2 Å². The Morgan fingerprint density at radius 2 is 1.32 bits per heavy atom. The SMILES string of the molecule is Cc1cc(C(C)(C)C)c(OP2(=O)CCCC2)c(C(C)(C)C)c1. The highest BCUT2D eigenvalue weighted by atomic mass is 31.2. The summed E-state index contributed by atoms with van der Waals surface area (Å²) in [6.45, 7) is 15.3. The van der Waals surface area contributed by atoms with E-state index in [0.717, 1.165) is 30.9 Å². The molecule has 22 heavy (non-hydrogen) atoms. The monoisotopic (exact) mass is 322 g/mol. The Bertz CT molecular complexity index is 558. The molecule has 1 aliphatic heterocycles. The van der Waals surface area contributed by atoms with Crippen molar-refractivity contribution in [2.24, 2.45) is 0 Å². The predicted octanol–water partition coefficient (Wildman–Crippen LogP) is 6.04. The molecule has 1 aromatic rings. The molecule has 0 N–H and O–H groups in total. The molecule has 0 bridgehead atoms. The van der Waals surface area contributed by atoms with Crippen LogP contribution in [0.15, 0.2) is 12.1 Å². The Kier molecular flexibility index (Phi) is 4.57. The van der Waals surface area contributed by atoms with E-state index in [0.29, 0.717) is 0 Å². The molecule has 0 radical (unpaired) electrons.